The average Bonchev–Trinajstić information content (AvgIpc) is 2.09. The SMILES string of the molecule is CC(C)=CC(=O)c1cc(F)c(F)cc1Br. The Bertz CT molecular complexity index is 434. The normalized spacial score (nSPS) is 9.93. The fraction of sp³-hybridized carbons (Fsp3) is 0.182. The van der Waals surface area contributed by atoms with Crippen LogP contribution in [0.5, 0.6) is 0 Å². The molecule has 0 fully saturated rings. The first-order valence-corrected chi connectivity index (χ1v) is 5.05. The molecule has 0 atom stereocenters. The van der Waals surface area contributed by atoms with Gasteiger partial charge in [0, 0.05) is 10.0 Å². The zero-order chi connectivity index (χ0) is 11.6. The van der Waals surface area contributed by atoms with Gasteiger partial charge in [0.25, 0.3) is 0 Å². The van der Waals surface area contributed by atoms with Gasteiger partial charge in [0.05, 0.1) is 0 Å². The maximum Gasteiger partial charge on any atom is 0.187 e. The largest absolute Gasteiger partial charge is 0.289 e. The Morgan fingerprint density at radius 2 is 1.80 bits per heavy atom. The van der Waals surface area contributed by atoms with Crippen molar-refractivity contribution in [3.63, 3.8) is 0 Å². The molecule has 0 aliphatic heterocycles. The predicted octanol–water partition coefficient (Wildman–Crippen LogP) is 3.88. The van der Waals surface area contributed by atoms with Crippen molar-refractivity contribution in [2.75, 3.05) is 0 Å². The summed E-state index contributed by atoms with van der Waals surface area (Å²) in [5.74, 6) is -2.35. The molecule has 0 saturated heterocycles. The maximum atomic E-state index is 12.9. The first-order chi connectivity index (χ1) is 6.91. The van der Waals surface area contributed by atoms with Gasteiger partial charge in [0.15, 0.2) is 17.4 Å². The number of halogens is 3. The fourth-order valence-electron chi connectivity index (χ4n) is 1.05. The van der Waals surface area contributed by atoms with Crippen LogP contribution in [-0.4, -0.2) is 5.78 Å². The minimum atomic E-state index is -1.02. The average molecular weight is 275 g/mol. The summed E-state index contributed by atoms with van der Waals surface area (Å²) in [5, 5.41) is 0. The molecule has 4 heteroatoms. The summed E-state index contributed by atoms with van der Waals surface area (Å²) in [6.45, 7) is 3.51. The quantitative estimate of drug-likeness (QED) is 0.455. The molecule has 0 unspecified atom stereocenters. The molecule has 0 heterocycles. The summed E-state index contributed by atoms with van der Waals surface area (Å²) in [4.78, 5) is 11.5. The van der Waals surface area contributed by atoms with Gasteiger partial charge in [-0.1, -0.05) is 5.57 Å². The minimum Gasteiger partial charge on any atom is -0.289 e. The van der Waals surface area contributed by atoms with Crippen LogP contribution in [0, 0.1) is 11.6 Å². The number of allylic oxidation sites excluding steroid dienone is 2. The van der Waals surface area contributed by atoms with Gasteiger partial charge in [-0.2, -0.15) is 0 Å². The third-order valence-corrected chi connectivity index (χ3v) is 2.35. The first-order valence-electron chi connectivity index (χ1n) is 4.25. The van der Waals surface area contributed by atoms with E-state index in [1.165, 1.54) is 6.08 Å². The summed E-state index contributed by atoms with van der Waals surface area (Å²) in [6, 6.07) is 1.84. The Hall–Kier alpha value is -1.03. The van der Waals surface area contributed by atoms with Gasteiger partial charge >= 0.3 is 0 Å². The minimum absolute atomic E-state index is 0.120. The molecule has 0 radical (unpaired) electrons. The van der Waals surface area contributed by atoms with Gasteiger partial charge in [0.1, 0.15) is 0 Å². The molecular formula is C11H9BrF2O. The smallest absolute Gasteiger partial charge is 0.187 e. The maximum absolute atomic E-state index is 12.9. The number of ketones is 1. The number of hydrogen-bond acceptors (Lipinski definition) is 1. The molecule has 0 aliphatic carbocycles. The lowest BCUT2D eigenvalue weighted by molar-refractivity contribution is 0.104. The number of carbonyl (C=O) groups excluding carboxylic acids is 1. The highest BCUT2D eigenvalue weighted by Crippen LogP contribution is 2.21. The van der Waals surface area contributed by atoms with Crippen molar-refractivity contribution in [3.8, 4) is 0 Å². The Balaban J connectivity index is 3.21. The standard InChI is InChI=1S/C11H9BrF2O/c1-6(2)3-11(15)7-4-9(13)10(14)5-8(7)12/h3-5H,1-2H3. The van der Waals surface area contributed by atoms with Crippen molar-refractivity contribution < 1.29 is 13.6 Å². The van der Waals surface area contributed by atoms with Crippen LogP contribution in [0.15, 0.2) is 28.3 Å². The lowest BCUT2D eigenvalue weighted by Crippen LogP contribution is -1.99. The van der Waals surface area contributed by atoms with Crippen molar-refractivity contribution in [3.05, 3.63) is 45.5 Å². The Morgan fingerprint density at radius 1 is 1.27 bits per heavy atom. The van der Waals surface area contributed by atoms with Crippen LogP contribution in [0.2, 0.25) is 0 Å². The zero-order valence-corrected chi connectivity index (χ0v) is 9.86. The van der Waals surface area contributed by atoms with Crippen molar-refractivity contribution >= 4 is 21.7 Å². The fourth-order valence-corrected chi connectivity index (χ4v) is 1.56. The molecule has 15 heavy (non-hydrogen) atoms. The van der Waals surface area contributed by atoms with Crippen LogP contribution in [0.1, 0.15) is 24.2 Å². The Morgan fingerprint density at radius 3 is 2.33 bits per heavy atom. The Kier molecular flexibility index (Phi) is 3.74. The summed E-state index contributed by atoms with van der Waals surface area (Å²) in [5.41, 5.74) is 0.923. The van der Waals surface area contributed by atoms with E-state index < -0.39 is 11.6 Å². The molecule has 1 aromatic carbocycles. The lowest BCUT2D eigenvalue weighted by atomic mass is 10.1. The summed E-state index contributed by atoms with van der Waals surface area (Å²) in [6.07, 6.45) is 1.37. The van der Waals surface area contributed by atoms with Crippen molar-refractivity contribution in [2.24, 2.45) is 0 Å². The molecule has 0 aromatic heterocycles. The van der Waals surface area contributed by atoms with Gasteiger partial charge in [-0.15, -0.1) is 0 Å². The number of hydrogen-bond donors (Lipinski definition) is 0. The van der Waals surface area contributed by atoms with Crippen LogP contribution in [0.25, 0.3) is 0 Å². The molecule has 0 aliphatic rings. The highest BCUT2D eigenvalue weighted by molar-refractivity contribution is 9.10. The van der Waals surface area contributed by atoms with E-state index in [-0.39, 0.29) is 15.8 Å². The molecule has 0 amide bonds. The summed E-state index contributed by atoms with van der Waals surface area (Å²) < 4.78 is 25.9. The highest BCUT2D eigenvalue weighted by atomic mass is 79.9. The van der Waals surface area contributed by atoms with Gasteiger partial charge in [-0.25, -0.2) is 8.78 Å². The van der Waals surface area contributed by atoms with Crippen LogP contribution in [0.3, 0.4) is 0 Å². The van der Waals surface area contributed by atoms with Crippen LogP contribution in [-0.2, 0) is 0 Å². The number of rotatable bonds is 2. The highest BCUT2D eigenvalue weighted by Gasteiger charge is 2.12. The zero-order valence-electron chi connectivity index (χ0n) is 8.27. The van der Waals surface area contributed by atoms with Crippen LogP contribution in [0.4, 0.5) is 8.78 Å². The molecule has 0 spiro atoms. The van der Waals surface area contributed by atoms with E-state index in [9.17, 15) is 13.6 Å². The van der Waals surface area contributed by atoms with Gasteiger partial charge in [0.2, 0.25) is 0 Å². The molecule has 0 saturated carbocycles. The Labute approximate surface area is 94.9 Å². The van der Waals surface area contributed by atoms with E-state index in [1.54, 1.807) is 13.8 Å². The van der Waals surface area contributed by atoms with E-state index in [4.69, 9.17) is 0 Å². The second kappa shape index (κ2) is 4.66. The molecular weight excluding hydrogens is 266 g/mol. The molecule has 0 bridgehead atoms. The molecule has 1 rings (SSSR count). The second-order valence-electron chi connectivity index (χ2n) is 3.33. The monoisotopic (exact) mass is 274 g/mol. The van der Waals surface area contributed by atoms with Crippen LogP contribution >= 0.6 is 15.9 Å². The van der Waals surface area contributed by atoms with Crippen LogP contribution < -0.4 is 0 Å². The third kappa shape index (κ3) is 2.96. The van der Waals surface area contributed by atoms with Gasteiger partial charge in [-0.05, 0) is 48.0 Å². The van der Waals surface area contributed by atoms with E-state index in [0.29, 0.717) is 0 Å². The molecule has 0 N–H and O–H groups in total. The van der Waals surface area contributed by atoms with Gasteiger partial charge < -0.3 is 0 Å². The van der Waals surface area contributed by atoms with Crippen molar-refractivity contribution in [2.45, 2.75) is 13.8 Å². The van der Waals surface area contributed by atoms with E-state index in [1.807, 2.05) is 0 Å². The van der Waals surface area contributed by atoms with E-state index >= 15 is 0 Å². The first kappa shape index (κ1) is 12.0. The van der Waals surface area contributed by atoms with E-state index in [2.05, 4.69) is 15.9 Å². The summed E-state index contributed by atoms with van der Waals surface area (Å²) in [7, 11) is 0. The van der Waals surface area contributed by atoms with Gasteiger partial charge in [-0.3, -0.25) is 4.79 Å². The number of benzene rings is 1. The van der Waals surface area contributed by atoms with E-state index in [0.717, 1.165) is 17.7 Å². The molecule has 1 aromatic rings. The molecule has 1 nitrogen and oxygen atoms in total. The third-order valence-electron chi connectivity index (χ3n) is 1.70. The van der Waals surface area contributed by atoms with Crippen molar-refractivity contribution in [1.82, 2.24) is 0 Å². The lowest BCUT2D eigenvalue weighted by Gasteiger charge is -2.02. The summed E-state index contributed by atoms with van der Waals surface area (Å²) >= 11 is 3.02. The second-order valence-corrected chi connectivity index (χ2v) is 4.19. The topological polar surface area (TPSA) is 17.1 Å². The van der Waals surface area contributed by atoms with Crippen molar-refractivity contribution in [1.29, 1.82) is 0 Å². The molecule has 80 valence electrons. The number of carbonyl (C=O) groups is 1. The predicted molar refractivity (Wildman–Crippen MR) is 57.8 cm³/mol.